The second-order valence-corrected chi connectivity index (χ2v) is 11.9. The van der Waals surface area contributed by atoms with E-state index in [1.165, 1.54) is 24.3 Å². The maximum absolute atomic E-state index is 11.3. The van der Waals surface area contributed by atoms with Gasteiger partial charge in [-0.05, 0) is 31.2 Å². The molecule has 0 aliphatic carbocycles. The molecule has 0 spiro atoms. The van der Waals surface area contributed by atoms with Gasteiger partial charge in [0.05, 0.1) is 15.3 Å². The lowest BCUT2D eigenvalue weighted by Gasteiger charge is -1.99. The molecule has 29 heavy (non-hydrogen) atoms. The van der Waals surface area contributed by atoms with Gasteiger partial charge < -0.3 is 4.74 Å². The minimum Gasteiger partial charge on any atom is -0.454 e. The van der Waals surface area contributed by atoms with Gasteiger partial charge in [0.2, 0.25) is 15.9 Å². The van der Waals surface area contributed by atoms with Gasteiger partial charge in [0.15, 0.2) is 0 Å². The first kappa shape index (κ1) is 28.1. The minimum atomic E-state index is -3.70. The van der Waals surface area contributed by atoms with E-state index in [1.807, 2.05) is 4.72 Å². The fourth-order valence-corrected chi connectivity index (χ4v) is 5.73. The first-order valence-corrected chi connectivity index (χ1v) is 12.9. The molecule has 0 aliphatic rings. The number of hydrogen-bond donors (Lipinski definition) is 2. The summed E-state index contributed by atoms with van der Waals surface area (Å²) in [5.41, 5.74) is -0.738. The molecule has 0 saturated heterocycles. The lowest BCUT2D eigenvalue weighted by Crippen LogP contribution is -2.27. The van der Waals surface area contributed by atoms with E-state index in [1.54, 1.807) is 6.92 Å². The summed E-state index contributed by atoms with van der Waals surface area (Å²) in [5, 5.41) is 4.79. The highest BCUT2D eigenvalue weighted by Gasteiger charge is 2.17. The summed E-state index contributed by atoms with van der Waals surface area (Å²) in [6, 6.07) is 5.67. The van der Waals surface area contributed by atoms with Gasteiger partial charge in [-0.15, -0.1) is 22.7 Å². The van der Waals surface area contributed by atoms with Crippen LogP contribution in [-0.2, 0) is 29.6 Å². The first-order valence-electron chi connectivity index (χ1n) is 7.08. The second kappa shape index (κ2) is 12.7. The van der Waals surface area contributed by atoms with Gasteiger partial charge in [-0.25, -0.2) is 31.5 Å². The molecule has 0 radical (unpaired) electrons. The molecule has 1 amide bonds. The quantitative estimate of drug-likeness (QED) is 0.557. The molecule has 164 valence electrons. The van der Waals surface area contributed by atoms with Gasteiger partial charge in [-0.2, -0.15) is 0 Å². The van der Waals surface area contributed by atoms with Crippen LogP contribution in [-0.4, -0.2) is 34.8 Å². The molecule has 0 fully saturated rings. The Balaban J connectivity index is 0.000000436. The molecule has 2 rings (SSSR count). The molecular formula is C13H15Cl3N2O7S4. The van der Waals surface area contributed by atoms with Crippen LogP contribution in [0.2, 0.25) is 8.67 Å². The molecule has 2 heterocycles. The molecule has 3 N–H and O–H groups in total. The van der Waals surface area contributed by atoms with Crippen LogP contribution in [0.25, 0.3) is 0 Å². The van der Waals surface area contributed by atoms with Crippen molar-refractivity contribution in [2.45, 2.75) is 22.3 Å². The van der Waals surface area contributed by atoms with Crippen molar-refractivity contribution in [2.75, 3.05) is 6.61 Å². The minimum absolute atomic E-state index is 0.0349. The summed E-state index contributed by atoms with van der Waals surface area (Å²) in [4.78, 5) is 20.1. The summed E-state index contributed by atoms with van der Waals surface area (Å²) in [5.74, 6) is -0.621. The topological polar surface area (TPSA) is 150 Å². The zero-order chi connectivity index (χ0) is 22.8. The number of halogens is 3. The maximum Gasteiger partial charge on any atom is 0.403 e. The van der Waals surface area contributed by atoms with Crippen LogP contribution in [0.1, 0.15) is 13.8 Å². The standard InChI is InChI=1S/C6H6ClNO3S2.C4H4ClNO2S2.C3H5ClO2/c1-4(9)8-13(10,11)6-3-2-5(7)12-6;5-3-1-2-4(9-3)10(6,7)8;1-2-6-3(4)5/h2-3H,1H3,(H,8,9);1-2H,(H2,6,7,8);2H2,1H3. The third-order valence-corrected chi connectivity index (χ3v) is 8.11. The summed E-state index contributed by atoms with van der Waals surface area (Å²) < 4.78 is 50.6. The normalized spacial score (nSPS) is 10.7. The van der Waals surface area contributed by atoms with Gasteiger partial charge in [-0.3, -0.25) is 4.79 Å². The molecule has 0 aromatic carbocycles. The number of carbonyl (C=O) groups is 2. The van der Waals surface area contributed by atoms with Crippen LogP contribution in [0.3, 0.4) is 0 Å². The number of hydrogen-bond acceptors (Lipinski definition) is 9. The Morgan fingerprint density at radius 3 is 1.69 bits per heavy atom. The van der Waals surface area contributed by atoms with Crippen molar-refractivity contribution in [1.29, 1.82) is 0 Å². The van der Waals surface area contributed by atoms with E-state index in [2.05, 4.69) is 4.74 Å². The number of thiophene rings is 2. The second-order valence-electron chi connectivity index (χ2n) is 4.49. The fraction of sp³-hybridized carbons (Fsp3) is 0.231. The fourth-order valence-electron chi connectivity index (χ4n) is 1.25. The molecule has 0 aliphatic heterocycles. The molecule has 2 aromatic heterocycles. The van der Waals surface area contributed by atoms with Crippen molar-refractivity contribution in [3.05, 3.63) is 32.9 Å². The zero-order valence-electron chi connectivity index (χ0n) is 14.7. The molecule has 0 atom stereocenters. The number of sulfonamides is 2. The molecule has 9 nitrogen and oxygen atoms in total. The Kier molecular flexibility index (Phi) is 12.3. The van der Waals surface area contributed by atoms with Crippen molar-refractivity contribution in [2.24, 2.45) is 5.14 Å². The van der Waals surface area contributed by atoms with Crippen LogP contribution >= 0.6 is 57.5 Å². The monoisotopic (exact) mass is 544 g/mol. The lowest BCUT2D eigenvalue weighted by molar-refractivity contribution is -0.117. The van der Waals surface area contributed by atoms with E-state index in [-0.39, 0.29) is 8.42 Å². The van der Waals surface area contributed by atoms with E-state index < -0.39 is 31.4 Å². The summed E-state index contributed by atoms with van der Waals surface area (Å²) in [6.07, 6.45) is 0. The van der Waals surface area contributed by atoms with Crippen LogP contribution in [0.5, 0.6) is 0 Å². The predicted octanol–water partition coefficient (Wildman–Crippen LogP) is 3.66. The number of nitrogens with two attached hydrogens (primary N) is 1. The molecule has 16 heteroatoms. The molecule has 2 aromatic rings. The number of amides is 1. The van der Waals surface area contributed by atoms with Crippen molar-refractivity contribution >= 4 is 88.9 Å². The maximum atomic E-state index is 11.3. The molecule has 0 unspecified atom stereocenters. The van der Waals surface area contributed by atoms with E-state index in [0.29, 0.717) is 15.3 Å². The summed E-state index contributed by atoms with van der Waals surface area (Å²) in [7, 11) is -7.25. The van der Waals surface area contributed by atoms with E-state index >= 15 is 0 Å². The molecule has 0 saturated carbocycles. The Hall–Kier alpha value is -0.930. The Morgan fingerprint density at radius 1 is 1.03 bits per heavy atom. The van der Waals surface area contributed by atoms with E-state index in [4.69, 9.17) is 39.9 Å². The van der Waals surface area contributed by atoms with Crippen molar-refractivity contribution in [1.82, 2.24) is 4.72 Å². The van der Waals surface area contributed by atoms with Crippen molar-refractivity contribution in [3.8, 4) is 0 Å². The highest BCUT2D eigenvalue weighted by molar-refractivity contribution is 7.92. The van der Waals surface area contributed by atoms with Crippen LogP contribution in [0.4, 0.5) is 4.79 Å². The van der Waals surface area contributed by atoms with Crippen molar-refractivity contribution < 1.29 is 31.2 Å². The number of nitrogens with one attached hydrogen (secondary N) is 1. The van der Waals surface area contributed by atoms with Gasteiger partial charge in [0, 0.05) is 18.5 Å². The number of ether oxygens (including phenoxy) is 1. The highest BCUT2D eigenvalue weighted by Crippen LogP contribution is 2.25. The van der Waals surface area contributed by atoms with Crippen molar-refractivity contribution in [3.63, 3.8) is 0 Å². The van der Waals surface area contributed by atoms with Gasteiger partial charge in [0.25, 0.3) is 10.0 Å². The van der Waals surface area contributed by atoms with Crippen LogP contribution in [0, 0.1) is 0 Å². The Labute approximate surface area is 190 Å². The number of rotatable bonds is 4. The first-order chi connectivity index (χ1) is 13.2. The van der Waals surface area contributed by atoms with Crippen LogP contribution in [0.15, 0.2) is 32.7 Å². The zero-order valence-corrected chi connectivity index (χ0v) is 20.3. The predicted molar refractivity (Wildman–Crippen MR) is 114 cm³/mol. The average molecular weight is 546 g/mol. The smallest absolute Gasteiger partial charge is 0.403 e. The SMILES string of the molecule is CC(=O)NS(=O)(=O)c1ccc(Cl)s1.CCOC(=O)Cl.NS(=O)(=O)c1ccc(Cl)s1. The Bertz CT molecular complexity index is 1030. The van der Waals surface area contributed by atoms with Gasteiger partial charge >= 0.3 is 5.43 Å². The van der Waals surface area contributed by atoms with Crippen LogP contribution < -0.4 is 9.86 Å². The van der Waals surface area contributed by atoms with E-state index in [0.717, 1.165) is 29.6 Å². The third kappa shape index (κ3) is 12.4. The average Bonchev–Trinajstić information content (AvgIpc) is 3.15. The van der Waals surface area contributed by atoms with Gasteiger partial charge in [0.1, 0.15) is 8.42 Å². The summed E-state index contributed by atoms with van der Waals surface area (Å²) in [6.45, 7) is 3.18. The van der Waals surface area contributed by atoms with E-state index in [9.17, 15) is 26.4 Å². The Morgan fingerprint density at radius 2 is 1.48 bits per heavy atom. The molecule has 0 bridgehead atoms. The summed E-state index contributed by atoms with van der Waals surface area (Å²) >= 11 is 17.6. The largest absolute Gasteiger partial charge is 0.454 e. The highest BCUT2D eigenvalue weighted by atomic mass is 35.5. The third-order valence-electron chi connectivity index (χ3n) is 2.18. The lowest BCUT2D eigenvalue weighted by atomic mass is 10.7. The number of carbonyl (C=O) groups excluding carboxylic acids is 2. The van der Waals surface area contributed by atoms with Gasteiger partial charge in [-0.1, -0.05) is 23.2 Å². The number of primary sulfonamides is 1. The molecular weight excluding hydrogens is 531 g/mol.